The molecule has 11 heavy (non-hydrogen) atoms. The van der Waals surface area contributed by atoms with Crippen LogP contribution in [0.25, 0.3) is 6.08 Å². The largest absolute Gasteiger partial charge is 0.108 e. The molecule has 0 radical (unpaired) electrons. The lowest BCUT2D eigenvalue weighted by Gasteiger charge is -2.13. The van der Waals surface area contributed by atoms with Gasteiger partial charge in [0.2, 0.25) is 0 Å². The predicted molar refractivity (Wildman–Crippen MR) is 54.5 cm³/mol. The van der Waals surface area contributed by atoms with E-state index in [9.17, 15) is 0 Å². The van der Waals surface area contributed by atoms with E-state index < -0.39 is 0 Å². The molecule has 1 fully saturated rings. The van der Waals surface area contributed by atoms with Crippen molar-refractivity contribution < 1.29 is 0 Å². The van der Waals surface area contributed by atoms with Crippen molar-refractivity contribution in [2.45, 2.75) is 0 Å². The second-order valence-electron chi connectivity index (χ2n) is 2.28. The third-order valence-electron chi connectivity index (χ3n) is 1.49. The fourth-order valence-electron chi connectivity index (χ4n) is 0.896. The van der Waals surface area contributed by atoms with Crippen LogP contribution < -0.4 is 0 Å². The van der Waals surface area contributed by atoms with Gasteiger partial charge in [0, 0.05) is 9.32 Å². The molecule has 1 saturated heterocycles. The molecule has 0 amide bonds. The van der Waals surface area contributed by atoms with Crippen molar-refractivity contribution in [3.63, 3.8) is 0 Å². The zero-order chi connectivity index (χ0) is 7.52. The Hall–Kier alpha value is -0.340. The average molecular weight is 180 g/mol. The molecule has 56 valence electrons. The van der Waals surface area contributed by atoms with Gasteiger partial charge in [0.1, 0.15) is 0 Å². The third-order valence-corrected chi connectivity index (χ3v) is 3.94. The Kier molecular flexibility index (Phi) is 2.24. The van der Waals surface area contributed by atoms with Crippen molar-refractivity contribution in [2.75, 3.05) is 5.08 Å². The molecule has 1 heterocycles. The number of hydrogen-bond donors (Lipinski definition) is 0. The molecule has 0 unspecified atom stereocenters. The Morgan fingerprint density at radius 2 is 1.82 bits per heavy atom. The lowest BCUT2D eigenvalue weighted by Crippen LogP contribution is -1.84. The second-order valence-corrected chi connectivity index (χ2v) is 4.94. The monoisotopic (exact) mass is 180 g/mol. The van der Waals surface area contributed by atoms with E-state index >= 15 is 0 Å². The van der Waals surface area contributed by atoms with Crippen LogP contribution in [0.2, 0.25) is 0 Å². The van der Waals surface area contributed by atoms with Gasteiger partial charge in [0.15, 0.2) is 0 Å². The van der Waals surface area contributed by atoms with Crippen LogP contribution in [0.15, 0.2) is 34.6 Å². The summed E-state index contributed by atoms with van der Waals surface area (Å²) >= 11 is 3.85. The van der Waals surface area contributed by atoms with Crippen LogP contribution in [-0.2, 0) is 0 Å². The van der Waals surface area contributed by atoms with Gasteiger partial charge < -0.3 is 0 Å². The van der Waals surface area contributed by atoms with E-state index in [1.165, 1.54) is 14.9 Å². The quantitative estimate of drug-likeness (QED) is 0.649. The molecule has 0 spiro atoms. The van der Waals surface area contributed by atoms with Gasteiger partial charge in [-0.2, -0.15) is 0 Å². The van der Waals surface area contributed by atoms with Crippen molar-refractivity contribution in [3.8, 4) is 0 Å². The highest BCUT2D eigenvalue weighted by molar-refractivity contribution is 8.37. The molecular formula is C9H8S2. The Bertz CT molecular complexity index is 258. The minimum Gasteiger partial charge on any atom is -0.108 e. The van der Waals surface area contributed by atoms with Crippen LogP contribution in [0, 0.1) is 0 Å². The fraction of sp³-hybridized carbons (Fsp3) is 0.111. The maximum Gasteiger partial charge on any atom is 0.0497 e. The maximum absolute atomic E-state index is 2.23. The minimum atomic E-state index is 1.22. The molecule has 2 heteroatoms. The van der Waals surface area contributed by atoms with Gasteiger partial charge in [0.05, 0.1) is 0 Å². The summed E-state index contributed by atoms with van der Waals surface area (Å²) in [6.45, 7) is 0. The standard InChI is InChI=1S/C9H8S2/c1-2-4-8(5-3-1)6-9-10-7-11-9/h1-6H,7H2. The van der Waals surface area contributed by atoms with Crippen molar-refractivity contribution in [1.29, 1.82) is 0 Å². The summed E-state index contributed by atoms with van der Waals surface area (Å²) in [6, 6.07) is 10.4. The van der Waals surface area contributed by atoms with Gasteiger partial charge in [-0.05, 0) is 11.6 Å². The van der Waals surface area contributed by atoms with Gasteiger partial charge in [0.25, 0.3) is 0 Å². The molecule has 0 N–H and O–H groups in total. The summed E-state index contributed by atoms with van der Waals surface area (Å²) in [5, 5.41) is 1.22. The number of thioether (sulfide) groups is 2. The van der Waals surface area contributed by atoms with Gasteiger partial charge in [-0.3, -0.25) is 0 Å². The molecule has 0 aliphatic carbocycles. The van der Waals surface area contributed by atoms with Crippen LogP contribution in [-0.4, -0.2) is 5.08 Å². The van der Waals surface area contributed by atoms with Crippen molar-refractivity contribution in [2.24, 2.45) is 0 Å². The van der Waals surface area contributed by atoms with E-state index in [0.717, 1.165) is 0 Å². The van der Waals surface area contributed by atoms with Crippen LogP contribution in [0.4, 0.5) is 0 Å². The summed E-state index contributed by atoms with van der Waals surface area (Å²) in [7, 11) is 0. The van der Waals surface area contributed by atoms with E-state index in [1.54, 1.807) is 0 Å². The predicted octanol–water partition coefficient (Wildman–Crippen LogP) is 3.42. The molecule has 0 atom stereocenters. The molecule has 1 aliphatic heterocycles. The molecule has 1 aliphatic rings. The number of benzene rings is 1. The Morgan fingerprint density at radius 3 is 2.36 bits per heavy atom. The number of rotatable bonds is 1. The van der Waals surface area contributed by atoms with E-state index in [-0.39, 0.29) is 0 Å². The fourth-order valence-corrected chi connectivity index (χ4v) is 2.35. The molecule has 1 aromatic rings. The van der Waals surface area contributed by atoms with Gasteiger partial charge in [-0.25, -0.2) is 0 Å². The molecular weight excluding hydrogens is 172 g/mol. The maximum atomic E-state index is 2.23. The normalized spacial score (nSPS) is 15.8. The van der Waals surface area contributed by atoms with Crippen LogP contribution in [0.1, 0.15) is 5.56 Å². The van der Waals surface area contributed by atoms with Crippen LogP contribution in [0.3, 0.4) is 0 Å². The molecule has 0 aromatic heterocycles. The highest BCUT2D eigenvalue weighted by Crippen LogP contribution is 2.44. The number of hydrogen-bond acceptors (Lipinski definition) is 2. The lowest BCUT2D eigenvalue weighted by atomic mass is 10.2. The van der Waals surface area contributed by atoms with E-state index in [2.05, 4.69) is 30.3 Å². The first-order chi connectivity index (χ1) is 5.45. The first-order valence-electron chi connectivity index (χ1n) is 3.47. The zero-order valence-corrected chi connectivity index (χ0v) is 7.62. The summed E-state index contributed by atoms with van der Waals surface area (Å²) in [4.78, 5) is 0. The smallest absolute Gasteiger partial charge is 0.0497 e. The van der Waals surface area contributed by atoms with Crippen molar-refractivity contribution in [3.05, 3.63) is 40.1 Å². The minimum absolute atomic E-state index is 1.22. The summed E-state index contributed by atoms with van der Waals surface area (Å²) in [6.07, 6.45) is 2.23. The van der Waals surface area contributed by atoms with E-state index in [0.29, 0.717) is 0 Å². The van der Waals surface area contributed by atoms with Crippen LogP contribution in [0.5, 0.6) is 0 Å². The second kappa shape index (κ2) is 3.37. The van der Waals surface area contributed by atoms with Crippen molar-refractivity contribution in [1.82, 2.24) is 0 Å². The first kappa shape index (κ1) is 7.32. The first-order valence-corrected chi connectivity index (χ1v) is 5.44. The highest BCUT2D eigenvalue weighted by atomic mass is 32.3. The zero-order valence-electron chi connectivity index (χ0n) is 5.99. The summed E-state index contributed by atoms with van der Waals surface area (Å²) < 4.78 is 1.44. The van der Waals surface area contributed by atoms with E-state index in [1.807, 2.05) is 29.6 Å². The summed E-state index contributed by atoms with van der Waals surface area (Å²) in [5.41, 5.74) is 1.31. The summed E-state index contributed by atoms with van der Waals surface area (Å²) in [5.74, 6) is 0. The molecule has 0 nitrogen and oxygen atoms in total. The average Bonchev–Trinajstić information content (AvgIpc) is 1.99. The molecule has 1 aromatic carbocycles. The topological polar surface area (TPSA) is 0 Å². The Labute approximate surface area is 75.1 Å². The van der Waals surface area contributed by atoms with Crippen molar-refractivity contribution >= 4 is 29.6 Å². The molecule has 2 rings (SSSR count). The third kappa shape index (κ3) is 1.82. The van der Waals surface area contributed by atoms with Crippen LogP contribution >= 0.6 is 23.5 Å². The molecule has 0 bridgehead atoms. The Morgan fingerprint density at radius 1 is 1.09 bits per heavy atom. The highest BCUT2D eigenvalue weighted by Gasteiger charge is 2.08. The van der Waals surface area contributed by atoms with Gasteiger partial charge in [-0.1, -0.05) is 30.3 Å². The van der Waals surface area contributed by atoms with Gasteiger partial charge in [-0.15, -0.1) is 23.5 Å². The SMILES string of the molecule is C(=C1SCS1)c1ccccc1. The Balaban J connectivity index is 2.17. The van der Waals surface area contributed by atoms with Gasteiger partial charge >= 0.3 is 0 Å². The van der Waals surface area contributed by atoms with E-state index in [4.69, 9.17) is 0 Å². The molecule has 0 saturated carbocycles. The lowest BCUT2D eigenvalue weighted by molar-refractivity contribution is 1.66.